The molecule has 1 saturated heterocycles. The Labute approximate surface area is 134 Å². The first-order chi connectivity index (χ1) is 11.0. The molecule has 23 heavy (non-hydrogen) atoms. The van der Waals surface area contributed by atoms with Crippen molar-refractivity contribution in [3.8, 4) is 0 Å². The summed E-state index contributed by atoms with van der Waals surface area (Å²) < 4.78 is 1.68. The maximum Gasteiger partial charge on any atom is 0.274 e. The Bertz CT molecular complexity index is 756. The van der Waals surface area contributed by atoms with Gasteiger partial charge in [0.2, 0.25) is 0 Å². The van der Waals surface area contributed by atoms with Gasteiger partial charge >= 0.3 is 0 Å². The number of aromatic nitrogens is 4. The Morgan fingerprint density at radius 3 is 2.74 bits per heavy atom. The highest BCUT2D eigenvalue weighted by Gasteiger charge is 2.25. The molecule has 3 heterocycles. The average molecular weight is 315 g/mol. The summed E-state index contributed by atoms with van der Waals surface area (Å²) in [5.41, 5.74) is 2.04. The number of hydrogen-bond donors (Lipinski definition) is 1. The summed E-state index contributed by atoms with van der Waals surface area (Å²) in [5, 5.41) is 6.83. The van der Waals surface area contributed by atoms with Crippen molar-refractivity contribution in [3.63, 3.8) is 0 Å². The van der Waals surface area contributed by atoms with Crippen LogP contribution in [0.2, 0.25) is 0 Å². The molecule has 0 saturated carbocycles. The molecule has 1 fully saturated rings. The molecule has 1 amide bonds. The number of hydrogen-bond acceptors (Lipinski definition) is 4. The van der Waals surface area contributed by atoms with E-state index in [0.29, 0.717) is 36.8 Å². The van der Waals surface area contributed by atoms with Crippen LogP contribution < -0.4 is 5.56 Å². The van der Waals surface area contributed by atoms with E-state index in [1.54, 1.807) is 30.1 Å². The quantitative estimate of drug-likeness (QED) is 0.920. The van der Waals surface area contributed by atoms with Crippen LogP contribution in [0.25, 0.3) is 0 Å². The van der Waals surface area contributed by atoms with Gasteiger partial charge in [0.15, 0.2) is 0 Å². The van der Waals surface area contributed by atoms with Crippen molar-refractivity contribution in [2.24, 2.45) is 5.92 Å². The standard InChI is InChI=1S/C16H21N5O2/c1-11-8-17-10-21(15(11)22)9-13-3-5-20(6-4-13)16(23)14-7-12(2)18-19-14/h7-8,10,13H,3-6,9H2,1-2H3,(H,18,19). The summed E-state index contributed by atoms with van der Waals surface area (Å²) in [4.78, 5) is 30.3. The number of likely N-dealkylation sites (tertiary alicyclic amines) is 1. The van der Waals surface area contributed by atoms with Crippen molar-refractivity contribution in [2.75, 3.05) is 13.1 Å². The van der Waals surface area contributed by atoms with Crippen LogP contribution in [0.15, 0.2) is 23.4 Å². The van der Waals surface area contributed by atoms with Crippen LogP contribution >= 0.6 is 0 Å². The molecule has 1 N–H and O–H groups in total. The molecule has 0 atom stereocenters. The molecule has 0 aliphatic carbocycles. The summed E-state index contributed by atoms with van der Waals surface area (Å²) in [6, 6.07) is 1.77. The third-order valence-electron chi connectivity index (χ3n) is 4.35. The van der Waals surface area contributed by atoms with Gasteiger partial charge in [-0.15, -0.1) is 0 Å². The lowest BCUT2D eigenvalue weighted by atomic mass is 9.96. The number of carbonyl (C=O) groups is 1. The number of aromatic amines is 1. The van der Waals surface area contributed by atoms with E-state index in [0.717, 1.165) is 18.5 Å². The molecule has 2 aromatic heterocycles. The lowest BCUT2D eigenvalue weighted by molar-refractivity contribution is 0.0676. The van der Waals surface area contributed by atoms with Crippen LogP contribution in [0, 0.1) is 19.8 Å². The molecule has 0 spiro atoms. The normalized spacial score (nSPS) is 15.8. The van der Waals surface area contributed by atoms with E-state index < -0.39 is 0 Å². The van der Waals surface area contributed by atoms with Crippen molar-refractivity contribution in [1.82, 2.24) is 24.6 Å². The molecule has 7 heteroatoms. The minimum absolute atomic E-state index is 0.0190. The van der Waals surface area contributed by atoms with Crippen molar-refractivity contribution >= 4 is 5.91 Å². The summed E-state index contributed by atoms with van der Waals surface area (Å²) in [5.74, 6) is 0.364. The molecule has 1 aliphatic rings. The molecule has 2 aromatic rings. The first kappa shape index (κ1) is 15.5. The van der Waals surface area contributed by atoms with Crippen LogP contribution in [0.3, 0.4) is 0 Å². The second-order valence-electron chi connectivity index (χ2n) is 6.21. The fourth-order valence-corrected chi connectivity index (χ4v) is 2.98. The topological polar surface area (TPSA) is 83.9 Å². The maximum atomic E-state index is 12.4. The molecule has 0 bridgehead atoms. The van der Waals surface area contributed by atoms with E-state index >= 15 is 0 Å². The zero-order valence-electron chi connectivity index (χ0n) is 13.5. The minimum Gasteiger partial charge on any atom is -0.337 e. The molecule has 0 aromatic carbocycles. The largest absolute Gasteiger partial charge is 0.337 e. The number of rotatable bonds is 3. The highest BCUT2D eigenvalue weighted by molar-refractivity contribution is 5.92. The molecule has 0 unspecified atom stereocenters. The fourth-order valence-electron chi connectivity index (χ4n) is 2.98. The lowest BCUT2D eigenvalue weighted by Crippen LogP contribution is -2.40. The first-order valence-electron chi connectivity index (χ1n) is 7.87. The maximum absolute atomic E-state index is 12.4. The molecule has 122 valence electrons. The highest BCUT2D eigenvalue weighted by atomic mass is 16.2. The zero-order valence-corrected chi connectivity index (χ0v) is 13.5. The molecule has 3 rings (SSSR count). The molecule has 1 aliphatic heterocycles. The van der Waals surface area contributed by atoms with Gasteiger partial charge < -0.3 is 4.90 Å². The summed E-state index contributed by atoms with van der Waals surface area (Å²) in [6.45, 7) is 5.71. The van der Waals surface area contributed by atoms with Gasteiger partial charge in [-0.1, -0.05) is 0 Å². The van der Waals surface area contributed by atoms with Gasteiger partial charge in [0.05, 0.1) is 6.33 Å². The SMILES string of the molecule is Cc1cc(C(=O)N2CCC(Cn3cncc(C)c3=O)CC2)n[nH]1. The number of piperidine rings is 1. The van der Waals surface area contributed by atoms with Gasteiger partial charge in [0.25, 0.3) is 11.5 Å². The third kappa shape index (κ3) is 3.33. The Morgan fingerprint density at radius 2 is 2.09 bits per heavy atom. The first-order valence-corrected chi connectivity index (χ1v) is 7.87. The predicted molar refractivity (Wildman–Crippen MR) is 85.2 cm³/mol. The minimum atomic E-state index is -0.0258. The van der Waals surface area contributed by atoms with E-state index in [2.05, 4.69) is 15.2 Å². The third-order valence-corrected chi connectivity index (χ3v) is 4.35. The van der Waals surface area contributed by atoms with Crippen molar-refractivity contribution in [3.05, 3.63) is 45.9 Å². The predicted octanol–water partition coefficient (Wildman–Crippen LogP) is 1.14. The van der Waals surface area contributed by atoms with Gasteiger partial charge in [-0.25, -0.2) is 4.98 Å². The second-order valence-corrected chi connectivity index (χ2v) is 6.21. The van der Waals surface area contributed by atoms with Gasteiger partial charge in [0, 0.05) is 37.1 Å². The molecule has 7 nitrogen and oxygen atoms in total. The van der Waals surface area contributed by atoms with Gasteiger partial charge in [0.1, 0.15) is 5.69 Å². The van der Waals surface area contributed by atoms with Gasteiger partial charge in [-0.2, -0.15) is 5.10 Å². The van der Waals surface area contributed by atoms with E-state index in [4.69, 9.17) is 0 Å². The van der Waals surface area contributed by atoms with Crippen LogP contribution in [0.1, 0.15) is 34.6 Å². The Hall–Kier alpha value is -2.44. The lowest BCUT2D eigenvalue weighted by Gasteiger charge is -2.31. The fraction of sp³-hybridized carbons (Fsp3) is 0.500. The Balaban J connectivity index is 1.59. The number of nitrogens with zero attached hydrogens (tertiary/aromatic N) is 4. The summed E-state index contributed by atoms with van der Waals surface area (Å²) >= 11 is 0. The van der Waals surface area contributed by atoms with E-state index in [1.807, 2.05) is 11.8 Å². The zero-order chi connectivity index (χ0) is 16.4. The Kier molecular flexibility index (Phi) is 4.27. The monoisotopic (exact) mass is 315 g/mol. The molecular formula is C16H21N5O2. The second kappa shape index (κ2) is 6.36. The van der Waals surface area contributed by atoms with Crippen LogP contribution in [-0.2, 0) is 6.54 Å². The van der Waals surface area contributed by atoms with Gasteiger partial charge in [-0.3, -0.25) is 19.3 Å². The van der Waals surface area contributed by atoms with Crippen LogP contribution in [0.5, 0.6) is 0 Å². The number of amides is 1. The van der Waals surface area contributed by atoms with Crippen molar-refractivity contribution < 1.29 is 4.79 Å². The summed E-state index contributed by atoms with van der Waals surface area (Å²) in [7, 11) is 0. The van der Waals surface area contributed by atoms with Crippen LogP contribution in [0.4, 0.5) is 0 Å². The van der Waals surface area contributed by atoms with Crippen LogP contribution in [-0.4, -0.2) is 43.6 Å². The smallest absolute Gasteiger partial charge is 0.274 e. The van der Waals surface area contributed by atoms with Crippen molar-refractivity contribution in [1.29, 1.82) is 0 Å². The summed E-state index contributed by atoms with van der Waals surface area (Å²) in [6.07, 6.45) is 4.95. The number of nitrogens with one attached hydrogen (secondary N) is 1. The number of carbonyl (C=O) groups excluding carboxylic acids is 1. The van der Waals surface area contributed by atoms with Crippen molar-refractivity contribution in [2.45, 2.75) is 33.2 Å². The number of aryl methyl sites for hydroxylation is 2. The van der Waals surface area contributed by atoms with E-state index in [9.17, 15) is 9.59 Å². The highest BCUT2D eigenvalue weighted by Crippen LogP contribution is 2.20. The molecule has 0 radical (unpaired) electrons. The molecular weight excluding hydrogens is 294 g/mol. The number of H-pyrrole nitrogens is 1. The Morgan fingerprint density at radius 1 is 1.35 bits per heavy atom. The van der Waals surface area contributed by atoms with Gasteiger partial charge in [-0.05, 0) is 38.7 Å². The van der Waals surface area contributed by atoms with E-state index in [-0.39, 0.29) is 11.5 Å². The van der Waals surface area contributed by atoms with E-state index in [1.165, 1.54) is 0 Å². The average Bonchev–Trinajstić information content (AvgIpc) is 2.98.